The third kappa shape index (κ3) is 6.31. The van der Waals surface area contributed by atoms with Gasteiger partial charge in [-0.1, -0.05) is 24.0 Å². The summed E-state index contributed by atoms with van der Waals surface area (Å²) in [6.45, 7) is 2.80. The number of anilines is 1. The Bertz CT molecular complexity index is 1520. The molecular weight excluding hydrogens is 504 g/mol. The van der Waals surface area contributed by atoms with Crippen LogP contribution in [0.4, 0.5) is 5.69 Å². The average molecular weight is 535 g/mol. The van der Waals surface area contributed by atoms with Crippen molar-refractivity contribution in [3.05, 3.63) is 77.4 Å². The molecule has 2 N–H and O–H groups in total. The summed E-state index contributed by atoms with van der Waals surface area (Å²) >= 11 is 0. The molecule has 1 fully saturated rings. The average Bonchev–Trinajstić information content (AvgIpc) is 2.91. The van der Waals surface area contributed by atoms with E-state index in [9.17, 15) is 18.0 Å². The van der Waals surface area contributed by atoms with E-state index in [1.54, 1.807) is 19.0 Å². The molecule has 0 spiro atoms. The second kappa shape index (κ2) is 11.2. The molecule has 1 saturated heterocycles. The molecule has 1 aliphatic rings. The van der Waals surface area contributed by atoms with Gasteiger partial charge in [0.25, 0.3) is 16.1 Å². The normalized spacial score (nSPS) is 15.0. The van der Waals surface area contributed by atoms with Crippen LogP contribution in [0.25, 0.3) is 10.8 Å². The second-order valence-corrected chi connectivity index (χ2v) is 11.0. The fourth-order valence-corrected chi connectivity index (χ4v) is 5.49. The Kier molecular flexibility index (Phi) is 8.02. The van der Waals surface area contributed by atoms with Crippen LogP contribution in [0.15, 0.2) is 60.7 Å². The van der Waals surface area contributed by atoms with E-state index in [-0.39, 0.29) is 19.0 Å². The van der Waals surface area contributed by atoms with Gasteiger partial charge in [-0.05, 0) is 66.2 Å². The third-order valence-electron chi connectivity index (χ3n) is 6.35. The predicted octanol–water partition coefficient (Wildman–Crippen LogP) is 2.37. The number of nitrogens with one attached hydrogen (secondary N) is 1. The van der Waals surface area contributed by atoms with Gasteiger partial charge in [0.05, 0.1) is 0 Å². The van der Waals surface area contributed by atoms with Gasteiger partial charge in [0, 0.05) is 62.7 Å². The standard InChI is InChI=1S/C28H30N4O5S/c1-20(28(34)35)29-38(36,37)32-16-14-31(15-17-32)26-12-7-21(8-13-26)4-5-22-6-9-24-19-25(27(33)30(2)3)11-10-23(24)18-22/h6-13,18-20,29H,14-17H2,1-3H3,(H,34,35). The van der Waals surface area contributed by atoms with Crippen LogP contribution in [-0.4, -0.2) is 80.9 Å². The number of rotatable bonds is 6. The predicted molar refractivity (Wildman–Crippen MR) is 147 cm³/mol. The first-order valence-corrected chi connectivity index (χ1v) is 13.6. The van der Waals surface area contributed by atoms with Crippen molar-refractivity contribution in [1.29, 1.82) is 0 Å². The summed E-state index contributed by atoms with van der Waals surface area (Å²) in [5.74, 6) is 5.12. The molecule has 38 heavy (non-hydrogen) atoms. The van der Waals surface area contributed by atoms with Crippen molar-refractivity contribution < 1.29 is 23.1 Å². The van der Waals surface area contributed by atoms with Gasteiger partial charge in [0.1, 0.15) is 6.04 Å². The van der Waals surface area contributed by atoms with Crippen molar-refractivity contribution in [1.82, 2.24) is 13.9 Å². The minimum atomic E-state index is -3.86. The Morgan fingerprint density at radius 3 is 2.11 bits per heavy atom. The molecule has 0 saturated carbocycles. The maximum atomic E-state index is 12.4. The minimum absolute atomic E-state index is 0.0338. The Morgan fingerprint density at radius 2 is 1.47 bits per heavy atom. The zero-order valence-corrected chi connectivity index (χ0v) is 22.3. The van der Waals surface area contributed by atoms with E-state index in [2.05, 4.69) is 21.5 Å². The van der Waals surface area contributed by atoms with Gasteiger partial charge < -0.3 is 14.9 Å². The number of piperazine rings is 1. The van der Waals surface area contributed by atoms with E-state index in [0.29, 0.717) is 18.7 Å². The SMILES string of the molecule is CC(NS(=O)(=O)N1CCN(c2ccc(C#Cc3ccc4cc(C(=O)N(C)C)ccc4c3)cc2)CC1)C(=O)O. The number of carboxylic acids is 1. The maximum Gasteiger partial charge on any atom is 0.321 e. The fraction of sp³-hybridized carbons (Fsp3) is 0.286. The third-order valence-corrected chi connectivity index (χ3v) is 8.05. The molecule has 0 bridgehead atoms. The van der Waals surface area contributed by atoms with Gasteiger partial charge >= 0.3 is 5.97 Å². The lowest BCUT2D eigenvalue weighted by molar-refractivity contribution is -0.138. The van der Waals surface area contributed by atoms with Crippen molar-refractivity contribution in [3.63, 3.8) is 0 Å². The summed E-state index contributed by atoms with van der Waals surface area (Å²) in [7, 11) is -0.392. The number of hydrogen-bond acceptors (Lipinski definition) is 5. The van der Waals surface area contributed by atoms with Crippen molar-refractivity contribution in [2.75, 3.05) is 45.2 Å². The highest BCUT2D eigenvalue weighted by molar-refractivity contribution is 7.87. The van der Waals surface area contributed by atoms with Crippen LogP contribution in [0, 0.1) is 11.8 Å². The number of fused-ring (bicyclic) bond motifs is 1. The van der Waals surface area contributed by atoms with E-state index in [0.717, 1.165) is 27.6 Å². The Balaban J connectivity index is 1.38. The monoisotopic (exact) mass is 534 g/mol. The van der Waals surface area contributed by atoms with Gasteiger partial charge in [-0.25, -0.2) is 0 Å². The van der Waals surface area contributed by atoms with Crippen molar-refractivity contribution in [3.8, 4) is 11.8 Å². The number of carboxylic acid groups (broad SMARTS) is 1. The molecule has 4 rings (SSSR count). The summed E-state index contributed by atoms with van der Waals surface area (Å²) in [5.41, 5.74) is 3.34. The zero-order valence-electron chi connectivity index (χ0n) is 21.5. The molecule has 3 aromatic rings. The summed E-state index contributed by atoms with van der Waals surface area (Å²) in [6.07, 6.45) is 0. The van der Waals surface area contributed by atoms with Gasteiger partial charge in [0.2, 0.25) is 0 Å². The maximum absolute atomic E-state index is 12.4. The minimum Gasteiger partial charge on any atom is -0.480 e. The second-order valence-electron chi connectivity index (χ2n) is 9.34. The highest BCUT2D eigenvalue weighted by atomic mass is 32.2. The first-order chi connectivity index (χ1) is 18.0. The van der Waals surface area contributed by atoms with E-state index in [1.165, 1.54) is 11.2 Å². The van der Waals surface area contributed by atoms with E-state index in [4.69, 9.17) is 5.11 Å². The lowest BCUT2D eigenvalue weighted by atomic mass is 10.0. The van der Waals surface area contributed by atoms with Crippen LogP contribution < -0.4 is 9.62 Å². The zero-order chi connectivity index (χ0) is 27.4. The number of nitrogens with zero attached hydrogens (tertiary/aromatic N) is 3. The van der Waals surface area contributed by atoms with Crippen molar-refractivity contribution in [2.24, 2.45) is 0 Å². The molecule has 1 heterocycles. The first-order valence-electron chi connectivity index (χ1n) is 12.2. The van der Waals surface area contributed by atoms with Crippen LogP contribution in [-0.2, 0) is 15.0 Å². The largest absolute Gasteiger partial charge is 0.480 e. The van der Waals surface area contributed by atoms with Gasteiger partial charge in [-0.2, -0.15) is 17.4 Å². The van der Waals surface area contributed by atoms with Crippen LogP contribution in [0.3, 0.4) is 0 Å². The molecule has 0 aliphatic carbocycles. The molecule has 198 valence electrons. The lowest BCUT2D eigenvalue weighted by Gasteiger charge is -2.35. The molecule has 3 aromatic carbocycles. The fourth-order valence-electron chi connectivity index (χ4n) is 4.15. The summed E-state index contributed by atoms with van der Waals surface area (Å²) in [5, 5.41) is 11.0. The Morgan fingerprint density at radius 1 is 0.895 bits per heavy atom. The molecular formula is C28H30N4O5S. The smallest absolute Gasteiger partial charge is 0.321 e. The highest BCUT2D eigenvalue weighted by Crippen LogP contribution is 2.20. The van der Waals surface area contributed by atoms with Crippen molar-refractivity contribution in [2.45, 2.75) is 13.0 Å². The Labute approximate surface area is 222 Å². The molecule has 1 amide bonds. The number of carbonyl (C=O) groups excluding carboxylic acids is 1. The first kappa shape index (κ1) is 27.1. The van der Waals surface area contributed by atoms with Crippen molar-refractivity contribution >= 4 is 38.5 Å². The number of hydrogen-bond donors (Lipinski definition) is 2. The van der Waals surface area contributed by atoms with Gasteiger partial charge in [-0.15, -0.1) is 0 Å². The van der Waals surface area contributed by atoms with Crippen LogP contribution >= 0.6 is 0 Å². The molecule has 1 unspecified atom stereocenters. The molecule has 1 aliphatic heterocycles. The summed E-state index contributed by atoms with van der Waals surface area (Å²) < 4.78 is 28.3. The quantitative estimate of drug-likeness (QED) is 0.470. The van der Waals surface area contributed by atoms with Gasteiger partial charge in [-0.3, -0.25) is 9.59 Å². The molecule has 0 radical (unpaired) electrons. The summed E-state index contributed by atoms with van der Waals surface area (Å²) in [6, 6.07) is 18.1. The number of amides is 1. The van der Waals surface area contributed by atoms with Crippen LogP contribution in [0.2, 0.25) is 0 Å². The molecule has 9 nitrogen and oxygen atoms in total. The van der Waals surface area contributed by atoms with E-state index >= 15 is 0 Å². The van der Waals surface area contributed by atoms with E-state index < -0.39 is 22.2 Å². The van der Waals surface area contributed by atoms with Crippen LogP contribution in [0.1, 0.15) is 28.4 Å². The topological polar surface area (TPSA) is 110 Å². The molecule has 10 heteroatoms. The molecule has 0 aromatic heterocycles. The molecule has 1 atom stereocenters. The number of carbonyl (C=O) groups is 2. The Hall–Kier alpha value is -3.91. The van der Waals surface area contributed by atoms with Gasteiger partial charge in [0.15, 0.2) is 0 Å². The number of benzene rings is 3. The lowest BCUT2D eigenvalue weighted by Crippen LogP contribution is -2.54. The highest BCUT2D eigenvalue weighted by Gasteiger charge is 2.29. The number of aliphatic carboxylic acids is 1. The van der Waals surface area contributed by atoms with E-state index in [1.807, 2.05) is 60.7 Å². The van der Waals surface area contributed by atoms with Crippen LogP contribution in [0.5, 0.6) is 0 Å². The summed E-state index contributed by atoms with van der Waals surface area (Å²) in [4.78, 5) is 26.8.